The Bertz CT molecular complexity index is 840. The van der Waals surface area contributed by atoms with E-state index in [2.05, 4.69) is 10.6 Å². The van der Waals surface area contributed by atoms with E-state index in [0.29, 0.717) is 10.5 Å². The molecule has 0 spiro atoms. The molecule has 0 heterocycles. The van der Waals surface area contributed by atoms with Gasteiger partial charge in [0.05, 0.1) is 17.4 Å². The number of nitrogens with one attached hydrogen (secondary N) is 2. The minimum atomic E-state index is -0.597. The van der Waals surface area contributed by atoms with Gasteiger partial charge in [0, 0.05) is 10.9 Å². The van der Waals surface area contributed by atoms with Gasteiger partial charge < -0.3 is 15.4 Å². The van der Waals surface area contributed by atoms with E-state index in [0.717, 1.165) is 5.56 Å². The van der Waals surface area contributed by atoms with E-state index in [1.807, 2.05) is 51.1 Å². The molecule has 2 aromatic rings. The number of ether oxygens (including phenoxy) is 1. The number of rotatable bonds is 9. The average molecular weight is 415 g/mol. The maximum atomic E-state index is 12.4. The quantitative estimate of drug-likeness (QED) is 0.486. The van der Waals surface area contributed by atoms with Gasteiger partial charge in [-0.25, -0.2) is 4.79 Å². The van der Waals surface area contributed by atoms with Gasteiger partial charge >= 0.3 is 5.97 Å². The van der Waals surface area contributed by atoms with Crippen molar-refractivity contribution in [3.8, 4) is 0 Å². The van der Waals surface area contributed by atoms with Crippen LogP contribution >= 0.6 is 11.8 Å². The van der Waals surface area contributed by atoms with E-state index in [-0.39, 0.29) is 36.3 Å². The number of hydrogen-bond acceptors (Lipinski definition) is 5. The molecule has 7 heteroatoms. The van der Waals surface area contributed by atoms with E-state index < -0.39 is 5.97 Å². The van der Waals surface area contributed by atoms with E-state index in [4.69, 9.17) is 4.74 Å². The second-order valence-corrected chi connectivity index (χ2v) is 7.80. The van der Waals surface area contributed by atoms with E-state index in [1.165, 1.54) is 11.8 Å². The Morgan fingerprint density at radius 1 is 0.897 bits per heavy atom. The fourth-order valence-corrected chi connectivity index (χ4v) is 3.44. The molecule has 0 aliphatic rings. The molecule has 2 rings (SSSR count). The maximum Gasteiger partial charge on any atom is 0.339 e. The van der Waals surface area contributed by atoms with Crippen molar-refractivity contribution < 1.29 is 19.1 Å². The number of amides is 2. The normalized spacial score (nSPS) is 11.6. The average Bonchev–Trinajstić information content (AvgIpc) is 2.71. The summed E-state index contributed by atoms with van der Waals surface area (Å²) in [5, 5.41) is 5.61. The molecule has 2 aromatic carbocycles. The third-order valence-corrected chi connectivity index (χ3v) is 5.00. The highest BCUT2D eigenvalue weighted by molar-refractivity contribution is 8.00. The van der Waals surface area contributed by atoms with Gasteiger partial charge in [-0.3, -0.25) is 9.59 Å². The van der Waals surface area contributed by atoms with Gasteiger partial charge in [0.25, 0.3) is 5.91 Å². The molecular weight excluding hydrogens is 388 g/mol. The van der Waals surface area contributed by atoms with Crippen molar-refractivity contribution in [2.24, 2.45) is 0 Å². The van der Waals surface area contributed by atoms with Crippen molar-refractivity contribution in [1.29, 1.82) is 0 Å². The highest BCUT2D eigenvalue weighted by Gasteiger charge is 2.17. The van der Waals surface area contributed by atoms with Gasteiger partial charge in [0.2, 0.25) is 5.91 Å². The Kier molecular flexibility index (Phi) is 8.73. The standard InChI is InChI=1S/C22H26N2O4S/c1-15(2)23-21(26)14-29-19-12-8-7-11-18(19)22(27)28-13-20(25)24-16(3)17-9-5-4-6-10-17/h4-12,15-16H,13-14H2,1-3H3,(H,23,26)(H,24,25)/t16-/m1/s1. The molecule has 2 N–H and O–H groups in total. The zero-order valence-corrected chi connectivity index (χ0v) is 17.6. The van der Waals surface area contributed by atoms with Crippen LogP contribution in [0.15, 0.2) is 59.5 Å². The first-order valence-corrected chi connectivity index (χ1v) is 10.4. The summed E-state index contributed by atoms with van der Waals surface area (Å²) in [5.74, 6) is -0.893. The fraction of sp³-hybridized carbons (Fsp3) is 0.318. The Balaban J connectivity index is 1.88. The van der Waals surface area contributed by atoms with Crippen molar-refractivity contribution in [1.82, 2.24) is 10.6 Å². The molecule has 0 saturated carbocycles. The highest BCUT2D eigenvalue weighted by Crippen LogP contribution is 2.23. The molecule has 0 aliphatic carbocycles. The van der Waals surface area contributed by atoms with E-state index in [9.17, 15) is 14.4 Å². The number of benzene rings is 2. The summed E-state index contributed by atoms with van der Waals surface area (Å²) < 4.78 is 5.17. The molecule has 0 aromatic heterocycles. The molecule has 2 amide bonds. The lowest BCUT2D eigenvalue weighted by Crippen LogP contribution is -2.31. The largest absolute Gasteiger partial charge is 0.452 e. The van der Waals surface area contributed by atoms with Crippen LogP contribution in [0, 0.1) is 0 Å². The molecule has 1 atom stereocenters. The number of hydrogen-bond donors (Lipinski definition) is 2. The Hall–Kier alpha value is -2.80. The zero-order chi connectivity index (χ0) is 21.2. The molecular formula is C22H26N2O4S. The fourth-order valence-electron chi connectivity index (χ4n) is 2.59. The topological polar surface area (TPSA) is 84.5 Å². The third kappa shape index (κ3) is 7.62. The predicted molar refractivity (Wildman–Crippen MR) is 114 cm³/mol. The summed E-state index contributed by atoms with van der Waals surface area (Å²) in [6.45, 7) is 5.27. The van der Waals surface area contributed by atoms with Crippen LogP contribution in [0.4, 0.5) is 0 Å². The maximum absolute atomic E-state index is 12.4. The van der Waals surface area contributed by atoms with Gasteiger partial charge in [0.1, 0.15) is 0 Å². The zero-order valence-electron chi connectivity index (χ0n) is 16.8. The smallest absolute Gasteiger partial charge is 0.339 e. The summed E-state index contributed by atoms with van der Waals surface area (Å²) in [4.78, 5) is 37.0. The molecule has 6 nitrogen and oxygen atoms in total. The van der Waals surface area contributed by atoms with Crippen molar-refractivity contribution in [2.45, 2.75) is 37.8 Å². The van der Waals surface area contributed by atoms with Crippen molar-refractivity contribution in [3.05, 3.63) is 65.7 Å². The van der Waals surface area contributed by atoms with Crippen LogP contribution in [0.3, 0.4) is 0 Å². The molecule has 0 radical (unpaired) electrons. The summed E-state index contributed by atoms with van der Waals surface area (Å²) in [6.07, 6.45) is 0. The summed E-state index contributed by atoms with van der Waals surface area (Å²) in [6, 6.07) is 16.3. The van der Waals surface area contributed by atoms with Crippen LogP contribution < -0.4 is 10.6 Å². The lowest BCUT2D eigenvalue weighted by atomic mass is 10.1. The van der Waals surface area contributed by atoms with Crippen molar-refractivity contribution >= 4 is 29.5 Å². The molecule has 0 bridgehead atoms. The van der Waals surface area contributed by atoms with E-state index in [1.54, 1.807) is 24.3 Å². The molecule has 0 fully saturated rings. The predicted octanol–water partition coefficient (Wildman–Crippen LogP) is 3.34. The van der Waals surface area contributed by atoms with Crippen molar-refractivity contribution in [2.75, 3.05) is 12.4 Å². The first kappa shape index (κ1) is 22.5. The van der Waals surface area contributed by atoms with Crippen LogP contribution in [-0.2, 0) is 14.3 Å². The van der Waals surface area contributed by atoms with Gasteiger partial charge in [-0.2, -0.15) is 0 Å². The van der Waals surface area contributed by atoms with Gasteiger partial charge in [-0.05, 0) is 38.5 Å². The molecule has 29 heavy (non-hydrogen) atoms. The second kappa shape index (κ2) is 11.3. The lowest BCUT2D eigenvalue weighted by Gasteiger charge is -2.14. The van der Waals surface area contributed by atoms with Crippen LogP contribution in [0.2, 0.25) is 0 Å². The third-order valence-electron chi connectivity index (χ3n) is 3.93. The van der Waals surface area contributed by atoms with E-state index >= 15 is 0 Å². The Morgan fingerprint density at radius 3 is 2.24 bits per heavy atom. The minimum absolute atomic E-state index is 0.0556. The van der Waals surface area contributed by atoms with Gasteiger partial charge in [-0.1, -0.05) is 42.5 Å². The van der Waals surface area contributed by atoms with Gasteiger partial charge in [-0.15, -0.1) is 11.8 Å². The van der Waals surface area contributed by atoms with Gasteiger partial charge in [0.15, 0.2) is 6.61 Å². The summed E-state index contributed by atoms with van der Waals surface area (Å²) in [7, 11) is 0. The summed E-state index contributed by atoms with van der Waals surface area (Å²) in [5.41, 5.74) is 1.30. The SMILES string of the molecule is CC(C)NC(=O)CSc1ccccc1C(=O)OCC(=O)N[C@H](C)c1ccccc1. The summed E-state index contributed by atoms with van der Waals surface area (Å²) >= 11 is 1.25. The lowest BCUT2D eigenvalue weighted by molar-refractivity contribution is -0.125. The molecule has 0 saturated heterocycles. The Labute approximate surface area is 175 Å². The molecule has 0 unspecified atom stereocenters. The van der Waals surface area contributed by atoms with Crippen LogP contribution in [0.5, 0.6) is 0 Å². The Morgan fingerprint density at radius 2 is 1.55 bits per heavy atom. The number of esters is 1. The monoisotopic (exact) mass is 414 g/mol. The minimum Gasteiger partial charge on any atom is -0.452 e. The second-order valence-electron chi connectivity index (χ2n) is 6.78. The number of carbonyl (C=O) groups excluding carboxylic acids is 3. The molecule has 0 aliphatic heterocycles. The number of carbonyl (C=O) groups is 3. The first-order chi connectivity index (χ1) is 13.9. The number of thioether (sulfide) groups is 1. The van der Waals surface area contributed by atoms with Crippen LogP contribution in [0.25, 0.3) is 0 Å². The molecule has 154 valence electrons. The van der Waals surface area contributed by atoms with Crippen LogP contribution in [-0.4, -0.2) is 36.2 Å². The first-order valence-electron chi connectivity index (χ1n) is 9.39. The highest BCUT2D eigenvalue weighted by atomic mass is 32.2. The van der Waals surface area contributed by atoms with Crippen LogP contribution in [0.1, 0.15) is 42.7 Å². The van der Waals surface area contributed by atoms with Crippen molar-refractivity contribution in [3.63, 3.8) is 0 Å².